The molecule has 0 unspecified atom stereocenters. The van der Waals surface area contributed by atoms with Crippen LogP contribution in [-0.4, -0.2) is 34.7 Å². The summed E-state index contributed by atoms with van der Waals surface area (Å²) >= 11 is 0. The van der Waals surface area contributed by atoms with E-state index in [9.17, 15) is 9.90 Å². The van der Waals surface area contributed by atoms with Crippen molar-refractivity contribution in [3.8, 4) is 0 Å². The minimum absolute atomic E-state index is 0.0470. The fraction of sp³-hybridized carbons (Fsp3) is 0.500. The van der Waals surface area contributed by atoms with Crippen molar-refractivity contribution in [2.24, 2.45) is 5.92 Å². The second kappa shape index (κ2) is 7.55. The fourth-order valence-corrected chi connectivity index (χ4v) is 2.60. The van der Waals surface area contributed by atoms with Gasteiger partial charge in [0.25, 0.3) is 0 Å². The van der Waals surface area contributed by atoms with Crippen LogP contribution in [0.5, 0.6) is 0 Å². The number of allylic oxidation sites excluding steroid dienone is 5. The molecular weight excluding hydrogens is 296 g/mol. The Labute approximate surface area is 136 Å². The predicted molar refractivity (Wildman–Crippen MR) is 85.6 cm³/mol. The lowest BCUT2D eigenvalue weighted by Crippen LogP contribution is -2.46. The molecule has 1 heterocycles. The molecule has 5 nitrogen and oxygen atoms in total. The number of rotatable bonds is 6. The molecule has 23 heavy (non-hydrogen) atoms. The van der Waals surface area contributed by atoms with E-state index in [0.29, 0.717) is 25.0 Å². The maximum absolute atomic E-state index is 10.5. The monoisotopic (exact) mass is 319 g/mol. The summed E-state index contributed by atoms with van der Waals surface area (Å²) in [5.41, 5.74) is 0.702. The van der Waals surface area contributed by atoms with Crippen molar-refractivity contribution < 1.29 is 24.5 Å². The summed E-state index contributed by atoms with van der Waals surface area (Å²) in [5, 5.41) is 18.7. The third kappa shape index (κ3) is 5.03. The van der Waals surface area contributed by atoms with Gasteiger partial charge in [0, 0.05) is 18.4 Å². The van der Waals surface area contributed by atoms with Crippen LogP contribution in [0.3, 0.4) is 0 Å². The molecule has 0 saturated carbocycles. The Hall–Kier alpha value is -1.94. The van der Waals surface area contributed by atoms with Gasteiger partial charge in [-0.05, 0) is 26.7 Å². The molecule has 1 aliphatic carbocycles. The maximum atomic E-state index is 10.5. The highest BCUT2D eigenvalue weighted by Gasteiger charge is 2.41. The maximum Gasteiger partial charge on any atom is 0.303 e. The van der Waals surface area contributed by atoms with Crippen molar-refractivity contribution in [1.29, 1.82) is 0 Å². The molecule has 0 spiro atoms. The molecule has 0 bridgehead atoms. The molecule has 2 N–H and O–H groups in total. The lowest BCUT2D eigenvalue weighted by atomic mass is 9.89. The van der Waals surface area contributed by atoms with Crippen LogP contribution in [0.2, 0.25) is 0 Å². The van der Waals surface area contributed by atoms with Gasteiger partial charge >= 0.3 is 5.97 Å². The van der Waals surface area contributed by atoms with E-state index >= 15 is 0 Å². The van der Waals surface area contributed by atoms with Crippen molar-refractivity contribution in [2.75, 3.05) is 6.61 Å². The van der Waals surface area contributed by atoms with Crippen LogP contribution in [0.15, 0.2) is 41.7 Å². The molecule has 0 aromatic carbocycles. The summed E-state index contributed by atoms with van der Waals surface area (Å²) in [6.45, 7) is 4.21. The lowest BCUT2D eigenvalue weighted by Gasteiger charge is -2.39. The molecule has 0 aromatic heterocycles. The number of aliphatic carboxylic acids is 1. The Kier molecular flexibility index (Phi) is 5.72. The summed E-state index contributed by atoms with van der Waals surface area (Å²) in [5.74, 6) is -1.28. The van der Waals surface area contributed by atoms with Crippen molar-refractivity contribution >= 4 is 5.97 Å². The summed E-state index contributed by atoms with van der Waals surface area (Å²) in [6.07, 6.45) is 12.8. The lowest BCUT2D eigenvalue weighted by molar-refractivity contribution is -0.283. The zero-order valence-electron chi connectivity index (χ0n) is 13.5. The van der Waals surface area contributed by atoms with Gasteiger partial charge in [-0.25, -0.2) is 0 Å². The highest BCUT2D eigenvalue weighted by Crippen LogP contribution is 2.34. The fourth-order valence-electron chi connectivity index (χ4n) is 2.60. The van der Waals surface area contributed by atoms with Crippen LogP contribution in [0.1, 0.15) is 33.1 Å². The van der Waals surface area contributed by atoms with Gasteiger partial charge in [-0.3, -0.25) is 4.79 Å². The molecular formula is C18H23O5+. The first-order valence-corrected chi connectivity index (χ1v) is 7.76. The van der Waals surface area contributed by atoms with Crippen LogP contribution in [0.25, 0.3) is 0 Å². The quantitative estimate of drug-likeness (QED) is 0.580. The van der Waals surface area contributed by atoms with Gasteiger partial charge in [-0.15, -0.1) is 0 Å². The van der Waals surface area contributed by atoms with E-state index in [2.05, 4.69) is 6.08 Å². The highest BCUT2D eigenvalue weighted by atomic mass is 16.7. The molecule has 0 aromatic rings. The highest BCUT2D eigenvalue weighted by molar-refractivity contribution is 5.66. The molecule has 1 saturated heterocycles. The Morgan fingerprint density at radius 1 is 1.48 bits per heavy atom. The van der Waals surface area contributed by atoms with Gasteiger partial charge in [-0.2, -0.15) is 0 Å². The molecule has 2 aliphatic rings. The molecule has 0 amide bonds. The minimum atomic E-state index is -0.802. The van der Waals surface area contributed by atoms with Crippen LogP contribution in [0.4, 0.5) is 0 Å². The topological polar surface area (TPSA) is 76.0 Å². The zero-order chi connectivity index (χ0) is 16.9. The molecule has 2 rings (SSSR count). The number of ether oxygens (including phenoxy) is 2. The molecule has 5 heteroatoms. The third-order valence-corrected chi connectivity index (χ3v) is 3.79. The standard InChI is InChI=1S/C18H22O5/c1-18(2)22-12-13(8-4-3-5-11-16(20)21)17(23-18)14-9-6-7-10-15(14)19/h3-4,7,9-10,13,17H,5,8,11-12H2,1-2H3,(H-,19,20,21)/p+1/b4-3-/t13-,17+/m1/s1. The summed E-state index contributed by atoms with van der Waals surface area (Å²) < 4.78 is 11.7. The van der Waals surface area contributed by atoms with Crippen molar-refractivity contribution in [1.82, 2.24) is 0 Å². The van der Waals surface area contributed by atoms with E-state index in [-0.39, 0.29) is 24.2 Å². The normalized spacial score (nSPS) is 26.5. The number of aliphatic hydroxyl groups is 1. The second-order valence-corrected chi connectivity index (χ2v) is 6.13. The van der Waals surface area contributed by atoms with E-state index in [1.54, 1.807) is 18.2 Å². The summed E-state index contributed by atoms with van der Waals surface area (Å²) in [7, 11) is 0. The van der Waals surface area contributed by atoms with E-state index < -0.39 is 11.8 Å². The van der Waals surface area contributed by atoms with Crippen molar-refractivity contribution in [3.05, 3.63) is 47.8 Å². The van der Waals surface area contributed by atoms with Crippen molar-refractivity contribution in [2.45, 2.75) is 45.0 Å². The van der Waals surface area contributed by atoms with E-state index in [1.165, 1.54) is 0 Å². The van der Waals surface area contributed by atoms with Gasteiger partial charge < -0.3 is 19.7 Å². The summed E-state index contributed by atoms with van der Waals surface area (Å²) in [4.78, 5) is 10.5. The Bertz CT molecular complexity index is 554. The number of hydrogen-bond donors (Lipinski definition) is 2. The van der Waals surface area contributed by atoms with Gasteiger partial charge in [0.05, 0.1) is 12.7 Å². The minimum Gasteiger partial charge on any atom is -0.487 e. The number of carbonyl (C=O) groups is 1. The zero-order valence-corrected chi connectivity index (χ0v) is 13.5. The van der Waals surface area contributed by atoms with Gasteiger partial charge in [0.1, 0.15) is 23.8 Å². The number of carboxylic acids is 1. The van der Waals surface area contributed by atoms with Gasteiger partial charge in [-0.1, -0.05) is 12.2 Å². The number of carboxylic acid groups (broad SMARTS) is 1. The molecule has 1 fully saturated rings. The Morgan fingerprint density at radius 3 is 2.96 bits per heavy atom. The molecule has 124 valence electrons. The number of hydrogen-bond acceptors (Lipinski definition) is 4. The van der Waals surface area contributed by atoms with E-state index in [4.69, 9.17) is 14.6 Å². The van der Waals surface area contributed by atoms with Crippen LogP contribution in [-0.2, 0) is 14.3 Å². The first kappa shape index (κ1) is 17.4. The van der Waals surface area contributed by atoms with Gasteiger partial charge in [0.15, 0.2) is 5.79 Å². The second-order valence-electron chi connectivity index (χ2n) is 6.13. The first-order valence-electron chi connectivity index (χ1n) is 7.76. The average Bonchev–Trinajstić information content (AvgIpc) is 2.48. The molecule has 0 radical (unpaired) electrons. The molecule has 2 atom stereocenters. The average molecular weight is 319 g/mol. The first-order chi connectivity index (χ1) is 10.9. The Balaban J connectivity index is 2.06. The van der Waals surface area contributed by atoms with E-state index in [0.717, 1.165) is 0 Å². The molecule has 1 aliphatic heterocycles. The number of aliphatic hydroxyl groups excluding tert-OH is 1. The van der Waals surface area contributed by atoms with Crippen LogP contribution >= 0.6 is 0 Å². The predicted octanol–water partition coefficient (Wildman–Crippen LogP) is 3.31. The van der Waals surface area contributed by atoms with Crippen LogP contribution in [0, 0.1) is 12.0 Å². The van der Waals surface area contributed by atoms with Gasteiger partial charge in [0.2, 0.25) is 5.76 Å². The van der Waals surface area contributed by atoms with Crippen LogP contribution < -0.4 is 0 Å². The third-order valence-electron chi connectivity index (χ3n) is 3.79. The largest absolute Gasteiger partial charge is 0.487 e. The SMILES string of the molecule is CC1(C)OC[C@@H](C/C=C\CCC(=O)O)[C@@H](C2=C(O)C=C[C+]=C2)O1. The van der Waals surface area contributed by atoms with Crippen molar-refractivity contribution in [3.63, 3.8) is 0 Å². The summed E-state index contributed by atoms with van der Waals surface area (Å²) in [6, 6.07) is 0. The Morgan fingerprint density at radius 2 is 2.26 bits per heavy atom. The van der Waals surface area contributed by atoms with E-state index in [1.807, 2.05) is 26.0 Å². The smallest absolute Gasteiger partial charge is 0.303 e.